The summed E-state index contributed by atoms with van der Waals surface area (Å²) in [5.41, 5.74) is 0.514. The van der Waals surface area contributed by atoms with Crippen molar-refractivity contribution >= 4 is 32.0 Å². The molecule has 1 N–H and O–H groups in total. The molecule has 27 heavy (non-hydrogen) atoms. The number of nitrogens with zero attached hydrogens (tertiary/aromatic N) is 1. The van der Waals surface area contributed by atoms with E-state index in [-0.39, 0.29) is 17.7 Å². The lowest BCUT2D eigenvalue weighted by atomic mass is 9.85. The maximum Gasteiger partial charge on any atom is 0.237 e. The average Bonchev–Trinajstić information content (AvgIpc) is 2.91. The van der Waals surface area contributed by atoms with Crippen LogP contribution in [0.3, 0.4) is 0 Å². The van der Waals surface area contributed by atoms with Crippen LogP contribution in [0.15, 0.2) is 48.5 Å². The molecule has 0 aromatic heterocycles. The molecule has 1 heterocycles. The molecule has 2 amide bonds. The summed E-state index contributed by atoms with van der Waals surface area (Å²) in [7, 11) is 4.26. The fraction of sp³-hybridized carbons (Fsp3) is 0.333. The minimum Gasteiger partial charge on any atom is -0.344 e. The maximum atomic E-state index is 14.4. The van der Waals surface area contributed by atoms with Gasteiger partial charge in [0.1, 0.15) is 11.6 Å². The molecule has 0 spiro atoms. The van der Waals surface area contributed by atoms with Gasteiger partial charge in [0.25, 0.3) is 0 Å². The van der Waals surface area contributed by atoms with Crippen molar-refractivity contribution in [3.63, 3.8) is 0 Å². The van der Waals surface area contributed by atoms with E-state index in [1.807, 2.05) is 24.3 Å². The van der Waals surface area contributed by atoms with Crippen molar-refractivity contribution in [3.8, 4) is 0 Å². The van der Waals surface area contributed by atoms with Gasteiger partial charge in [-0.15, -0.1) is 9.24 Å². The number of rotatable bonds is 4. The number of hydrogen-bond donors (Lipinski definition) is 1. The summed E-state index contributed by atoms with van der Waals surface area (Å²) < 4.78 is 14.4. The monoisotopic (exact) mass is 386 g/mol. The Labute approximate surface area is 161 Å². The summed E-state index contributed by atoms with van der Waals surface area (Å²) in [6, 6.07) is 14.5. The molecule has 1 fully saturated rings. The second kappa shape index (κ2) is 7.40. The van der Waals surface area contributed by atoms with Crippen molar-refractivity contribution in [3.05, 3.63) is 59.7 Å². The molecular weight excluding hydrogens is 362 g/mol. The Balaban J connectivity index is 1.92. The number of para-hydroxylation sites is 1. The van der Waals surface area contributed by atoms with Crippen molar-refractivity contribution in [2.45, 2.75) is 25.4 Å². The van der Waals surface area contributed by atoms with Gasteiger partial charge in [-0.1, -0.05) is 42.5 Å². The lowest BCUT2D eigenvalue weighted by molar-refractivity contribution is -0.135. The summed E-state index contributed by atoms with van der Waals surface area (Å²) in [4.78, 5) is 27.2. The number of likely N-dealkylation sites (tertiary alicyclic amines) is 1. The largest absolute Gasteiger partial charge is 0.344 e. The Kier molecular flexibility index (Phi) is 5.34. The summed E-state index contributed by atoms with van der Waals surface area (Å²) >= 11 is 0. The van der Waals surface area contributed by atoms with Crippen molar-refractivity contribution < 1.29 is 14.0 Å². The molecule has 1 saturated heterocycles. The smallest absolute Gasteiger partial charge is 0.237 e. The Morgan fingerprint density at radius 3 is 2.59 bits per heavy atom. The van der Waals surface area contributed by atoms with Crippen molar-refractivity contribution in [2.75, 3.05) is 18.9 Å². The zero-order valence-electron chi connectivity index (χ0n) is 15.7. The predicted octanol–water partition coefficient (Wildman–Crippen LogP) is 3.20. The molecule has 0 radical (unpaired) electrons. The standard InChI is InChI=1S/C21H24FN2O2P/c1-21(2,22)14-8-6-7-13(11-14)15-12-24(3)20(26)18(15)19(25)23-16-9-4-5-10-17(16)27/h4-11,15,18H,12,27H2,1-3H3,(H,23,25). The SMILES string of the molecule is CN1CC(c2cccc(C(C)(C)F)c2)C(C(=O)Nc2ccccc2P)C1=O. The van der Waals surface area contributed by atoms with Gasteiger partial charge in [0, 0.05) is 25.2 Å². The van der Waals surface area contributed by atoms with Gasteiger partial charge in [-0.05, 0) is 36.3 Å². The number of carbonyl (C=O) groups is 2. The molecular formula is C21H24FN2O2P. The van der Waals surface area contributed by atoms with Gasteiger partial charge in [0.2, 0.25) is 11.8 Å². The number of likely N-dealkylation sites (N-methyl/N-ethyl adjacent to an activating group) is 1. The molecule has 6 heteroatoms. The molecule has 3 unspecified atom stereocenters. The molecule has 4 nitrogen and oxygen atoms in total. The highest BCUT2D eigenvalue weighted by Crippen LogP contribution is 2.36. The van der Waals surface area contributed by atoms with E-state index in [4.69, 9.17) is 0 Å². The molecule has 1 aliphatic heterocycles. The topological polar surface area (TPSA) is 49.4 Å². The zero-order chi connectivity index (χ0) is 19.8. The van der Waals surface area contributed by atoms with E-state index in [2.05, 4.69) is 14.6 Å². The van der Waals surface area contributed by atoms with Gasteiger partial charge in [-0.25, -0.2) is 4.39 Å². The summed E-state index contributed by atoms with van der Waals surface area (Å²) in [5.74, 6) is -1.71. The van der Waals surface area contributed by atoms with Gasteiger partial charge in [-0.2, -0.15) is 0 Å². The number of nitrogens with one attached hydrogen (secondary N) is 1. The molecule has 142 valence electrons. The van der Waals surface area contributed by atoms with E-state index in [0.717, 1.165) is 10.9 Å². The van der Waals surface area contributed by atoms with Crippen LogP contribution < -0.4 is 10.6 Å². The minimum atomic E-state index is -1.49. The van der Waals surface area contributed by atoms with Crippen LogP contribution in [0.4, 0.5) is 10.1 Å². The number of anilines is 1. The lowest BCUT2D eigenvalue weighted by Gasteiger charge is -2.20. The second-order valence-electron chi connectivity index (χ2n) is 7.48. The zero-order valence-corrected chi connectivity index (χ0v) is 16.9. The first-order valence-electron chi connectivity index (χ1n) is 8.88. The van der Waals surface area contributed by atoms with Crippen LogP contribution >= 0.6 is 9.24 Å². The van der Waals surface area contributed by atoms with E-state index >= 15 is 0 Å². The summed E-state index contributed by atoms with van der Waals surface area (Å²) in [6.45, 7) is 3.42. The van der Waals surface area contributed by atoms with Crippen LogP contribution in [-0.4, -0.2) is 30.3 Å². The van der Waals surface area contributed by atoms with E-state index in [1.54, 1.807) is 36.2 Å². The van der Waals surface area contributed by atoms with E-state index in [1.165, 1.54) is 13.8 Å². The number of amides is 2. The van der Waals surface area contributed by atoms with Gasteiger partial charge in [0.05, 0.1) is 0 Å². The van der Waals surface area contributed by atoms with Crippen LogP contribution in [0.1, 0.15) is 30.9 Å². The predicted molar refractivity (Wildman–Crippen MR) is 109 cm³/mol. The van der Waals surface area contributed by atoms with Gasteiger partial charge in [0.15, 0.2) is 0 Å². The molecule has 0 aliphatic carbocycles. The van der Waals surface area contributed by atoms with Crippen molar-refractivity contribution in [2.24, 2.45) is 5.92 Å². The Hall–Kier alpha value is -2.26. The normalized spacial score (nSPS) is 20.0. The third-order valence-corrected chi connectivity index (χ3v) is 5.52. The number of carbonyl (C=O) groups excluding carboxylic acids is 2. The highest BCUT2D eigenvalue weighted by molar-refractivity contribution is 7.28. The van der Waals surface area contributed by atoms with Crippen molar-refractivity contribution in [1.82, 2.24) is 4.90 Å². The van der Waals surface area contributed by atoms with Crippen molar-refractivity contribution in [1.29, 1.82) is 0 Å². The highest BCUT2D eigenvalue weighted by Gasteiger charge is 2.44. The molecule has 2 aromatic carbocycles. The fourth-order valence-electron chi connectivity index (χ4n) is 3.45. The fourth-order valence-corrected chi connectivity index (χ4v) is 3.73. The highest BCUT2D eigenvalue weighted by atomic mass is 31.0. The third kappa shape index (κ3) is 4.03. The minimum absolute atomic E-state index is 0.219. The Morgan fingerprint density at radius 2 is 1.93 bits per heavy atom. The van der Waals surface area contributed by atoms with Crippen LogP contribution in [0.25, 0.3) is 0 Å². The number of hydrogen-bond acceptors (Lipinski definition) is 2. The van der Waals surface area contributed by atoms with E-state index in [0.29, 0.717) is 17.8 Å². The number of benzene rings is 2. The van der Waals surface area contributed by atoms with Gasteiger partial charge in [-0.3, -0.25) is 9.59 Å². The first-order chi connectivity index (χ1) is 12.7. The van der Waals surface area contributed by atoms with Crippen LogP contribution in [0.5, 0.6) is 0 Å². The van der Waals surface area contributed by atoms with Gasteiger partial charge < -0.3 is 10.2 Å². The van der Waals surface area contributed by atoms with E-state index in [9.17, 15) is 14.0 Å². The molecule has 0 saturated carbocycles. The molecule has 2 aromatic rings. The van der Waals surface area contributed by atoms with Crippen LogP contribution in [0, 0.1) is 5.92 Å². The summed E-state index contributed by atoms with van der Waals surface area (Å²) in [5, 5.41) is 3.72. The first kappa shape index (κ1) is 19.5. The Morgan fingerprint density at radius 1 is 1.22 bits per heavy atom. The summed E-state index contributed by atoms with van der Waals surface area (Å²) in [6.07, 6.45) is 0. The average molecular weight is 386 g/mol. The quantitative estimate of drug-likeness (QED) is 0.648. The second-order valence-corrected chi connectivity index (χ2v) is 8.10. The third-order valence-electron chi connectivity index (χ3n) is 5.02. The van der Waals surface area contributed by atoms with E-state index < -0.39 is 11.6 Å². The van der Waals surface area contributed by atoms with Gasteiger partial charge >= 0.3 is 0 Å². The van der Waals surface area contributed by atoms with Crippen LogP contribution in [0.2, 0.25) is 0 Å². The number of alkyl halides is 1. The maximum absolute atomic E-state index is 14.4. The molecule has 3 rings (SSSR count). The lowest BCUT2D eigenvalue weighted by Crippen LogP contribution is -2.33. The Bertz CT molecular complexity index is 878. The number of halogens is 1. The molecule has 3 atom stereocenters. The van der Waals surface area contributed by atoms with Crippen LogP contribution in [-0.2, 0) is 15.3 Å². The molecule has 0 bridgehead atoms. The molecule has 1 aliphatic rings. The first-order valence-corrected chi connectivity index (χ1v) is 9.46.